The van der Waals surface area contributed by atoms with E-state index in [9.17, 15) is 4.79 Å². The van der Waals surface area contributed by atoms with Gasteiger partial charge < -0.3 is 4.90 Å². The topological polar surface area (TPSA) is 32.3 Å². The van der Waals surface area contributed by atoms with E-state index in [0.717, 1.165) is 11.8 Å². The predicted octanol–water partition coefficient (Wildman–Crippen LogP) is 2.92. The van der Waals surface area contributed by atoms with E-state index < -0.39 is 0 Å². The van der Waals surface area contributed by atoms with Gasteiger partial charge in [0.25, 0.3) is 0 Å². The molecule has 1 amide bonds. The third-order valence-corrected chi connectivity index (χ3v) is 5.26. The first-order valence-electron chi connectivity index (χ1n) is 8.27. The lowest BCUT2D eigenvalue weighted by molar-refractivity contribution is -0.131. The van der Waals surface area contributed by atoms with E-state index in [2.05, 4.69) is 42.3 Å². The van der Waals surface area contributed by atoms with Gasteiger partial charge in [-0.3, -0.25) is 10.1 Å². The highest BCUT2D eigenvalue weighted by atomic mass is 16.2. The number of hydrogen-bond acceptors (Lipinski definition) is 2. The van der Waals surface area contributed by atoms with Crippen LogP contribution >= 0.6 is 0 Å². The summed E-state index contributed by atoms with van der Waals surface area (Å²) in [5, 5.41) is 3.46. The van der Waals surface area contributed by atoms with E-state index in [4.69, 9.17) is 0 Å². The van der Waals surface area contributed by atoms with Crippen molar-refractivity contribution in [1.29, 1.82) is 0 Å². The molecule has 1 heterocycles. The Labute approximate surface area is 126 Å². The third-order valence-electron chi connectivity index (χ3n) is 5.26. The minimum atomic E-state index is 0.0873. The predicted molar refractivity (Wildman–Crippen MR) is 82.7 cm³/mol. The summed E-state index contributed by atoms with van der Waals surface area (Å²) in [4.78, 5) is 14.7. The number of carbonyl (C=O) groups is 1. The lowest BCUT2D eigenvalue weighted by Crippen LogP contribution is -2.42. The number of aryl methyl sites for hydroxylation is 2. The molecule has 0 aromatic heterocycles. The normalized spacial score (nSPS) is 26.0. The van der Waals surface area contributed by atoms with Gasteiger partial charge in [0, 0.05) is 6.04 Å². The number of nitrogens with one attached hydrogen (secondary N) is 1. The van der Waals surface area contributed by atoms with Crippen LogP contribution in [0, 0.1) is 25.7 Å². The molecule has 1 atom stereocenters. The summed E-state index contributed by atoms with van der Waals surface area (Å²) in [7, 11) is 0. The molecule has 3 heteroatoms. The molecule has 2 saturated carbocycles. The lowest BCUT2D eigenvalue weighted by atomic mass is 9.99. The van der Waals surface area contributed by atoms with E-state index in [-0.39, 0.29) is 6.17 Å². The molecule has 4 rings (SSSR count). The molecule has 21 heavy (non-hydrogen) atoms. The van der Waals surface area contributed by atoms with Crippen LogP contribution in [0.4, 0.5) is 0 Å². The number of rotatable bonds is 4. The molecule has 1 aromatic carbocycles. The highest BCUT2D eigenvalue weighted by molar-refractivity contribution is 5.81. The van der Waals surface area contributed by atoms with Crippen molar-refractivity contribution in [3.63, 3.8) is 0 Å². The molecule has 3 fully saturated rings. The molecule has 1 N–H and O–H groups in total. The standard InChI is InChI=1S/C18H24N2O/c1-11-3-8-15(12(2)9-11)18-19-10-16(21)20(18)17(13-4-5-13)14-6-7-14/h3,8-9,13-14,17-19H,4-7,10H2,1-2H3. The second kappa shape index (κ2) is 4.84. The highest BCUT2D eigenvalue weighted by Crippen LogP contribution is 2.49. The van der Waals surface area contributed by atoms with Crippen LogP contribution in [0.25, 0.3) is 0 Å². The van der Waals surface area contributed by atoms with Gasteiger partial charge in [0.15, 0.2) is 0 Å². The largest absolute Gasteiger partial charge is 0.318 e. The Morgan fingerprint density at radius 3 is 2.38 bits per heavy atom. The maximum Gasteiger partial charge on any atom is 0.238 e. The van der Waals surface area contributed by atoms with Gasteiger partial charge in [0.2, 0.25) is 5.91 Å². The van der Waals surface area contributed by atoms with E-state index in [0.29, 0.717) is 18.5 Å². The van der Waals surface area contributed by atoms with Crippen LogP contribution in [-0.2, 0) is 4.79 Å². The quantitative estimate of drug-likeness (QED) is 0.922. The first kappa shape index (κ1) is 13.3. The minimum Gasteiger partial charge on any atom is -0.318 e. The van der Waals surface area contributed by atoms with Crippen LogP contribution in [0.5, 0.6) is 0 Å². The van der Waals surface area contributed by atoms with Crippen molar-refractivity contribution in [1.82, 2.24) is 10.2 Å². The van der Waals surface area contributed by atoms with Gasteiger partial charge in [0.1, 0.15) is 6.17 Å². The summed E-state index contributed by atoms with van der Waals surface area (Å²) in [5.74, 6) is 1.81. The number of carbonyl (C=O) groups excluding carboxylic acids is 1. The van der Waals surface area contributed by atoms with Crippen LogP contribution in [-0.4, -0.2) is 23.4 Å². The van der Waals surface area contributed by atoms with Crippen molar-refractivity contribution >= 4 is 5.91 Å². The van der Waals surface area contributed by atoms with Gasteiger partial charge in [-0.1, -0.05) is 23.8 Å². The zero-order valence-corrected chi connectivity index (χ0v) is 12.9. The Balaban J connectivity index is 1.68. The second-order valence-electron chi connectivity index (χ2n) is 7.11. The summed E-state index contributed by atoms with van der Waals surface area (Å²) < 4.78 is 0. The zero-order chi connectivity index (χ0) is 14.6. The molecular weight excluding hydrogens is 260 g/mol. The van der Waals surface area contributed by atoms with Gasteiger partial charge in [-0.15, -0.1) is 0 Å². The third kappa shape index (κ3) is 2.38. The van der Waals surface area contributed by atoms with Crippen molar-refractivity contribution in [3.8, 4) is 0 Å². The van der Waals surface area contributed by atoms with Crippen molar-refractivity contribution in [3.05, 3.63) is 34.9 Å². The molecule has 1 unspecified atom stereocenters. The number of hydrogen-bond donors (Lipinski definition) is 1. The van der Waals surface area contributed by atoms with Crippen molar-refractivity contribution in [2.45, 2.75) is 51.7 Å². The van der Waals surface area contributed by atoms with Crippen LogP contribution in [0.2, 0.25) is 0 Å². The highest BCUT2D eigenvalue weighted by Gasteiger charge is 2.50. The lowest BCUT2D eigenvalue weighted by Gasteiger charge is -2.34. The first-order valence-corrected chi connectivity index (χ1v) is 8.27. The summed E-state index contributed by atoms with van der Waals surface area (Å²) in [6.07, 6.45) is 5.33. The van der Waals surface area contributed by atoms with Gasteiger partial charge >= 0.3 is 0 Å². The fourth-order valence-corrected chi connectivity index (χ4v) is 3.96. The van der Waals surface area contributed by atoms with Gasteiger partial charge in [0.05, 0.1) is 6.54 Å². The Hall–Kier alpha value is -1.35. The molecule has 0 spiro atoms. The van der Waals surface area contributed by atoms with Crippen molar-refractivity contribution in [2.24, 2.45) is 11.8 Å². The molecule has 3 aliphatic rings. The fourth-order valence-electron chi connectivity index (χ4n) is 3.96. The van der Waals surface area contributed by atoms with Crippen LogP contribution in [0.1, 0.15) is 48.5 Å². The monoisotopic (exact) mass is 284 g/mol. The van der Waals surface area contributed by atoms with Crippen molar-refractivity contribution in [2.75, 3.05) is 6.54 Å². The number of benzene rings is 1. The van der Waals surface area contributed by atoms with E-state index in [1.165, 1.54) is 42.4 Å². The smallest absolute Gasteiger partial charge is 0.238 e. The Morgan fingerprint density at radius 1 is 1.14 bits per heavy atom. The number of nitrogens with zero attached hydrogens (tertiary/aromatic N) is 1. The van der Waals surface area contributed by atoms with Crippen LogP contribution in [0.15, 0.2) is 18.2 Å². The SMILES string of the molecule is Cc1ccc(C2NCC(=O)N2C(C2CC2)C2CC2)c(C)c1. The first-order chi connectivity index (χ1) is 10.1. The van der Waals surface area contributed by atoms with Gasteiger partial charge in [-0.05, 0) is 62.5 Å². The maximum atomic E-state index is 12.5. The summed E-state index contributed by atoms with van der Waals surface area (Å²) in [6.45, 7) is 4.78. The molecular formula is C18H24N2O. The van der Waals surface area contributed by atoms with E-state index in [1.54, 1.807) is 0 Å². The van der Waals surface area contributed by atoms with Crippen molar-refractivity contribution < 1.29 is 4.79 Å². The summed E-state index contributed by atoms with van der Waals surface area (Å²) in [5.41, 5.74) is 3.85. The van der Waals surface area contributed by atoms with Crippen LogP contribution in [0.3, 0.4) is 0 Å². The molecule has 0 bridgehead atoms. The second-order valence-corrected chi connectivity index (χ2v) is 7.11. The fraction of sp³-hybridized carbons (Fsp3) is 0.611. The zero-order valence-electron chi connectivity index (χ0n) is 12.9. The molecule has 2 aliphatic carbocycles. The Kier molecular flexibility index (Phi) is 3.07. The van der Waals surface area contributed by atoms with E-state index in [1.807, 2.05) is 0 Å². The summed E-state index contributed by atoms with van der Waals surface area (Å²) >= 11 is 0. The summed E-state index contributed by atoms with van der Waals surface area (Å²) in [6, 6.07) is 7.07. The molecule has 3 nitrogen and oxygen atoms in total. The Bertz CT molecular complexity index is 563. The average Bonchev–Trinajstić information content (AvgIpc) is 3.33. The number of amides is 1. The van der Waals surface area contributed by atoms with Gasteiger partial charge in [-0.25, -0.2) is 0 Å². The molecule has 112 valence electrons. The molecule has 0 radical (unpaired) electrons. The molecule has 1 aliphatic heterocycles. The minimum absolute atomic E-state index is 0.0873. The van der Waals surface area contributed by atoms with E-state index >= 15 is 0 Å². The molecule has 1 saturated heterocycles. The molecule has 1 aromatic rings. The van der Waals surface area contributed by atoms with Gasteiger partial charge in [-0.2, -0.15) is 0 Å². The average molecular weight is 284 g/mol. The maximum absolute atomic E-state index is 12.5. The van der Waals surface area contributed by atoms with Crippen LogP contribution < -0.4 is 5.32 Å². The Morgan fingerprint density at radius 2 is 1.81 bits per heavy atom.